The lowest BCUT2D eigenvalue weighted by atomic mass is 10.1. The van der Waals surface area contributed by atoms with Crippen LogP contribution in [-0.4, -0.2) is 26.2 Å². The molecule has 0 amide bonds. The number of nitrogens with zero attached hydrogens (tertiary/aromatic N) is 1. The van der Waals surface area contributed by atoms with E-state index in [0.29, 0.717) is 6.61 Å². The van der Waals surface area contributed by atoms with E-state index < -0.39 is 0 Å². The van der Waals surface area contributed by atoms with E-state index in [2.05, 4.69) is 58.9 Å². The molecule has 2 N–H and O–H groups in total. The van der Waals surface area contributed by atoms with E-state index in [1.807, 2.05) is 18.2 Å². The van der Waals surface area contributed by atoms with Crippen LogP contribution in [-0.2, 0) is 17.9 Å². The van der Waals surface area contributed by atoms with Crippen LogP contribution >= 0.6 is 0 Å². The highest BCUT2D eigenvalue weighted by molar-refractivity contribution is 5.79. The van der Waals surface area contributed by atoms with Crippen molar-refractivity contribution < 1.29 is 4.74 Å². The summed E-state index contributed by atoms with van der Waals surface area (Å²) in [6, 6.07) is 18.8. The zero-order chi connectivity index (χ0) is 17.7. The Bertz CT molecular complexity index is 641. The molecule has 0 bridgehead atoms. The summed E-state index contributed by atoms with van der Waals surface area (Å²) in [5.41, 5.74) is 3.76. The van der Waals surface area contributed by atoms with Gasteiger partial charge >= 0.3 is 0 Å². The van der Waals surface area contributed by atoms with Crippen molar-refractivity contribution in [2.24, 2.45) is 4.99 Å². The molecule has 2 aromatic carbocycles. The van der Waals surface area contributed by atoms with Crippen molar-refractivity contribution in [1.82, 2.24) is 10.6 Å². The van der Waals surface area contributed by atoms with E-state index in [1.54, 1.807) is 7.05 Å². The predicted octanol–water partition coefficient (Wildman–Crippen LogP) is 3.66. The van der Waals surface area contributed by atoms with Gasteiger partial charge in [0.15, 0.2) is 5.96 Å². The van der Waals surface area contributed by atoms with Crippen LogP contribution in [0.25, 0.3) is 0 Å². The fourth-order valence-corrected chi connectivity index (χ4v) is 2.53. The van der Waals surface area contributed by atoms with Crippen LogP contribution in [0.3, 0.4) is 0 Å². The highest BCUT2D eigenvalue weighted by atomic mass is 16.5. The van der Waals surface area contributed by atoms with E-state index >= 15 is 0 Å². The second kappa shape index (κ2) is 11.3. The third-order valence-electron chi connectivity index (χ3n) is 3.89. The lowest BCUT2D eigenvalue weighted by Crippen LogP contribution is -2.37. The van der Waals surface area contributed by atoms with Crippen LogP contribution in [0.15, 0.2) is 59.6 Å². The van der Waals surface area contributed by atoms with Crippen LogP contribution in [0.1, 0.15) is 29.5 Å². The third kappa shape index (κ3) is 7.86. The van der Waals surface area contributed by atoms with Gasteiger partial charge in [-0.15, -0.1) is 0 Å². The van der Waals surface area contributed by atoms with Crippen molar-refractivity contribution in [3.05, 3.63) is 71.3 Å². The summed E-state index contributed by atoms with van der Waals surface area (Å²) in [5.74, 6) is 0.840. The number of aryl methyl sites for hydroxylation is 1. The number of guanidine groups is 1. The quantitative estimate of drug-likeness (QED) is 0.416. The minimum Gasteiger partial charge on any atom is -0.377 e. The summed E-state index contributed by atoms with van der Waals surface area (Å²) in [6.45, 7) is 5.25. The number of benzene rings is 2. The van der Waals surface area contributed by atoms with Crippen molar-refractivity contribution >= 4 is 5.96 Å². The maximum Gasteiger partial charge on any atom is 0.191 e. The van der Waals surface area contributed by atoms with Gasteiger partial charge in [-0.25, -0.2) is 0 Å². The van der Waals surface area contributed by atoms with Crippen molar-refractivity contribution in [3.8, 4) is 0 Å². The number of aliphatic imine (C=N–C) groups is 1. The Balaban J connectivity index is 1.54. The van der Waals surface area contributed by atoms with Gasteiger partial charge in [-0.05, 0) is 30.9 Å². The SMILES string of the molecule is CN=C(NCCCCOCc1ccccc1)NCc1cccc(C)c1. The van der Waals surface area contributed by atoms with Crippen LogP contribution in [0, 0.1) is 6.92 Å². The zero-order valence-electron chi connectivity index (χ0n) is 15.3. The molecule has 0 saturated carbocycles. The summed E-state index contributed by atoms with van der Waals surface area (Å²) < 4.78 is 5.70. The molecule has 0 aromatic heterocycles. The van der Waals surface area contributed by atoms with E-state index in [4.69, 9.17) is 4.74 Å². The van der Waals surface area contributed by atoms with E-state index in [-0.39, 0.29) is 0 Å². The largest absolute Gasteiger partial charge is 0.377 e. The Kier molecular flexibility index (Phi) is 8.56. The Morgan fingerprint density at radius 2 is 1.76 bits per heavy atom. The Labute approximate surface area is 151 Å². The van der Waals surface area contributed by atoms with Crippen LogP contribution in [0.4, 0.5) is 0 Å². The first-order valence-corrected chi connectivity index (χ1v) is 8.89. The normalized spacial score (nSPS) is 11.4. The minimum absolute atomic E-state index is 0.688. The summed E-state index contributed by atoms with van der Waals surface area (Å²) in [5, 5.41) is 6.69. The Morgan fingerprint density at radius 1 is 0.960 bits per heavy atom. The molecule has 0 heterocycles. The topological polar surface area (TPSA) is 45.7 Å². The van der Waals surface area contributed by atoms with Gasteiger partial charge in [0.25, 0.3) is 0 Å². The lowest BCUT2D eigenvalue weighted by molar-refractivity contribution is 0.117. The predicted molar refractivity (Wildman–Crippen MR) is 105 cm³/mol. The smallest absolute Gasteiger partial charge is 0.191 e. The number of hydrogen-bond donors (Lipinski definition) is 2. The Morgan fingerprint density at radius 3 is 2.52 bits per heavy atom. The first kappa shape index (κ1) is 19.0. The average Bonchev–Trinajstić information content (AvgIpc) is 2.64. The van der Waals surface area contributed by atoms with Gasteiger partial charge < -0.3 is 15.4 Å². The number of hydrogen-bond acceptors (Lipinski definition) is 2. The molecule has 2 rings (SSSR count). The standard InChI is InChI=1S/C21H29N3O/c1-18-9-8-12-20(15-18)16-24-21(22-2)23-13-6-7-14-25-17-19-10-4-3-5-11-19/h3-5,8-12,15H,6-7,13-14,16-17H2,1-2H3,(H2,22,23,24). The van der Waals surface area contributed by atoms with Crippen LogP contribution in [0.5, 0.6) is 0 Å². The molecule has 134 valence electrons. The van der Waals surface area contributed by atoms with Crippen molar-refractivity contribution in [2.75, 3.05) is 20.2 Å². The van der Waals surface area contributed by atoms with Crippen LogP contribution in [0.2, 0.25) is 0 Å². The molecule has 4 nitrogen and oxygen atoms in total. The first-order valence-electron chi connectivity index (χ1n) is 8.89. The molecule has 0 atom stereocenters. The molecule has 0 aliphatic carbocycles. The number of nitrogens with one attached hydrogen (secondary N) is 2. The van der Waals surface area contributed by atoms with Gasteiger partial charge in [0, 0.05) is 26.7 Å². The maximum absolute atomic E-state index is 5.70. The summed E-state index contributed by atoms with van der Waals surface area (Å²) in [6.07, 6.45) is 2.09. The monoisotopic (exact) mass is 339 g/mol. The average molecular weight is 339 g/mol. The van der Waals surface area contributed by atoms with Crippen molar-refractivity contribution in [1.29, 1.82) is 0 Å². The molecule has 4 heteroatoms. The molecule has 0 fully saturated rings. The molecule has 0 saturated heterocycles. The summed E-state index contributed by atoms with van der Waals surface area (Å²) in [7, 11) is 1.80. The Hall–Kier alpha value is -2.33. The van der Waals surface area contributed by atoms with E-state index in [1.165, 1.54) is 16.7 Å². The number of ether oxygens (including phenoxy) is 1. The van der Waals surface area contributed by atoms with E-state index in [9.17, 15) is 0 Å². The minimum atomic E-state index is 0.688. The fourth-order valence-electron chi connectivity index (χ4n) is 2.53. The van der Waals surface area contributed by atoms with Gasteiger partial charge in [0.05, 0.1) is 6.61 Å². The van der Waals surface area contributed by atoms with Gasteiger partial charge in [-0.3, -0.25) is 4.99 Å². The van der Waals surface area contributed by atoms with Crippen molar-refractivity contribution in [2.45, 2.75) is 32.9 Å². The fraction of sp³-hybridized carbons (Fsp3) is 0.381. The number of rotatable bonds is 9. The molecule has 0 aliphatic heterocycles. The second-order valence-corrected chi connectivity index (χ2v) is 6.09. The molecule has 0 radical (unpaired) electrons. The van der Waals surface area contributed by atoms with Gasteiger partial charge in [0.1, 0.15) is 0 Å². The van der Waals surface area contributed by atoms with Gasteiger partial charge in [0.2, 0.25) is 0 Å². The summed E-state index contributed by atoms with van der Waals surface area (Å²) in [4.78, 5) is 4.26. The van der Waals surface area contributed by atoms with Crippen molar-refractivity contribution in [3.63, 3.8) is 0 Å². The molecular formula is C21H29N3O. The van der Waals surface area contributed by atoms with E-state index in [0.717, 1.165) is 38.5 Å². The third-order valence-corrected chi connectivity index (χ3v) is 3.89. The molecule has 2 aromatic rings. The molecule has 0 spiro atoms. The molecule has 25 heavy (non-hydrogen) atoms. The highest BCUT2D eigenvalue weighted by Gasteiger charge is 1.99. The summed E-state index contributed by atoms with van der Waals surface area (Å²) >= 11 is 0. The van der Waals surface area contributed by atoms with Gasteiger partial charge in [-0.1, -0.05) is 60.2 Å². The highest BCUT2D eigenvalue weighted by Crippen LogP contribution is 2.03. The molecular weight excluding hydrogens is 310 g/mol. The zero-order valence-corrected chi connectivity index (χ0v) is 15.3. The first-order chi connectivity index (χ1) is 12.3. The van der Waals surface area contributed by atoms with Crippen LogP contribution < -0.4 is 10.6 Å². The second-order valence-electron chi connectivity index (χ2n) is 6.09. The van der Waals surface area contributed by atoms with Gasteiger partial charge in [-0.2, -0.15) is 0 Å². The molecule has 0 unspecified atom stereocenters. The maximum atomic E-state index is 5.70. The molecule has 0 aliphatic rings. The number of unbranched alkanes of at least 4 members (excludes halogenated alkanes) is 1. The lowest BCUT2D eigenvalue weighted by Gasteiger charge is -2.12.